The molecule has 1 atom stereocenters. The quantitative estimate of drug-likeness (QED) is 0.834. The van der Waals surface area contributed by atoms with Gasteiger partial charge in [0.1, 0.15) is 0 Å². The van der Waals surface area contributed by atoms with Crippen molar-refractivity contribution in [3.8, 4) is 22.9 Å². The number of thiophene rings is 1. The summed E-state index contributed by atoms with van der Waals surface area (Å²) in [5.41, 5.74) is 0.907. The molecule has 0 aromatic carbocycles. The number of rotatable bonds is 6. The molecule has 20 heavy (non-hydrogen) atoms. The van der Waals surface area contributed by atoms with Crippen molar-refractivity contribution < 1.29 is 9.90 Å². The predicted octanol–water partition coefficient (Wildman–Crippen LogP) is 3.03. The first-order valence-electron chi connectivity index (χ1n) is 6.02. The van der Waals surface area contributed by atoms with Crippen LogP contribution in [-0.2, 0) is 4.79 Å². The van der Waals surface area contributed by atoms with Gasteiger partial charge in [-0.2, -0.15) is 0 Å². The topological polar surface area (TPSA) is 53.4 Å². The summed E-state index contributed by atoms with van der Waals surface area (Å²) < 4.78 is 0. The molecule has 2 aromatic rings. The van der Waals surface area contributed by atoms with Crippen molar-refractivity contribution in [1.29, 1.82) is 0 Å². The minimum atomic E-state index is -0.831. The van der Waals surface area contributed by atoms with E-state index in [1.54, 1.807) is 18.3 Å². The third-order valence-electron chi connectivity index (χ3n) is 2.73. The molecule has 0 aliphatic heterocycles. The fraction of sp³-hybridized carbons (Fsp3) is 0.286. The molecule has 0 saturated carbocycles. The fourth-order valence-electron chi connectivity index (χ4n) is 1.68. The van der Waals surface area contributed by atoms with Crippen LogP contribution in [0.1, 0.15) is 6.92 Å². The number of aliphatic carboxylic acids is 1. The second-order valence-corrected chi connectivity index (χ2v) is 6.10. The lowest BCUT2D eigenvalue weighted by Crippen LogP contribution is -2.32. The Morgan fingerprint density at radius 1 is 1.60 bits per heavy atom. The Morgan fingerprint density at radius 3 is 3.00 bits per heavy atom. The van der Waals surface area contributed by atoms with Gasteiger partial charge in [0.25, 0.3) is 0 Å². The maximum absolute atomic E-state index is 11.0. The molecular formula is C14H14N2O2S2. The number of thiazole rings is 1. The Bertz CT molecular complexity index is 613. The smallest absolute Gasteiger partial charge is 0.308 e. The lowest BCUT2D eigenvalue weighted by molar-refractivity contribution is -0.140. The Hall–Kier alpha value is -1.84. The van der Waals surface area contributed by atoms with E-state index < -0.39 is 11.9 Å². The van der Waals surface area contributed by atoms with E-state index in [4.69, 9.17) is 11.5 Å². The summed E-state index contributed by atoms with van der Waals surface area (Å²) in [6.45, 7) is 2.38. The first-order valence-corrected chi connectivity index (χ1v) is 7.78. The van der Waals surface area contributed by atoms with E-state index in [0.717, 1.165) is 15.7 Å². The summed E-state index contributed by atoms with van der Waals surface area (Å²) in [4.78, 5) is 18.4. The molecule has 0 aliphatic carbocycles. The number of carbonyl (C=O) groups is 1. The number of hydrogen-bond acceptors (Lipinski definition) is 5. The van der Waals surface area contributed by atoms with Gasteiger partial charge >= 0.3 is 5.97 Å². The number of carboxylic acids is 1. The van der Waals surface area contributed by atoms with Gasteiger partial charge in [0, 0.05) is 11.9 Å². The summed E-state index contributed by atoms with van der Waals surface area (Å²) in [6, 6.07) is 3.99. The van der Waals surface area contributed by atoms with Gasteiger partial charge < -0.3 is 10.0 Å². The van der Waals surface area contributed by atoms with E-state index in [0.29, 0.717) is 13.1 Å². The van der Waals surface area contributed by atoms with Crippen molar-refractivity contribution in [1.82, 2.24) is 4.98 Å². The van der Waals surface area contributed by atoms with Crippen LogP contribution in [0, 0.1) is 18.3 Å². The monoisotopic (exact) mass is 306 g/mol. The Morgan fingerprint density at radius 2 is 2.40 bits per heavy atom. The van der Waals surface area contributed by atoms with Crippen LogP contribution < -0.4 is 4.90 Å². The van der Waals surface area contributed by atoms with Crippen LogP contribution in [0.5, 0.6) is 0 Å². The third kappa shape index (κ3) is 3.38. The second-order valence-electron chi connectivity index (χ2n) is 4.32. The maximum Gasteiger partial charge on any atom is 0.308 e. The lowest BCUT2D eigenvalue weighted by Gasteiger charge is -2.21. The predicted molar refractivity (Wildman–Crippen MR) is 83.3 cm³/mol. The molecule has 0 radical (unpaired) electrons. The van der Waals surface area contributed by atoms with Gasteiger partial charge in [0.2, 0.25) is 0 Å². The number of carboxylic acid groups (broad SMARTS) is 1. The van der Waals surface area contributed by atoms with E-state index in [9.17, 15) is 4.79 Å². The molecule has 1 N–H and O–H groups in total. The minimum Gasteiger partial charge on any atom is -0.481 e. The molecule has 0 fully saturated rings. The lowest BCUT2D eigenvalue weighted by atomic mass is 10.2. The molecule has 2 heterocycles. The average molecular weight is 306 g/mol. The van der Waals surface area contributed by atoms with Crippen molar-refractivity contribution in [3.05, 3.63) is 22.9 Å². The molecule has 4 nitrogen and oxygen atoms in total. The number of hydrogen-bond donors (Lipinski definition) is 1. The van der Waals surface area contributed by atoms with Crippen LogP contribution in [0.2, 0.25) is 0 Å². The summed E-state index contributed by atoms with van der Waals surface area (Å²) >= 11 is 3.11. The van der Waals surface area contributed by atoms with Gasteiger partial charge in [-0.3, -0.25) is 4.79 Å². The van der Waals surface area contributed by atoms with Crippen LogP contribution in [-0.4, -0.2) is 29.1 Å². The molecule has 1 unspecified atom stereocenters. The first-order chi connectivity index (χ1) is 9.61. The number of anilines is 1. The van der Waals surface area contributed by atoms with Gasteiger partial charge in [-0.05, 0) is 11.4 Å². The van der Waals surface area contributed by atoms with Crippen LogP contribution >= 0.6 is 22.7 Å². The van der Waals surface area contributed by atoms with E-state index in [1.165, 1.54) is 11.3 Å². The van der Waals surface area contributed by atoms with E-state index >= 15 is 0 Å². The summed E-state index contributed by atoms with van der Waals surface area (Å²) in [5.74, 6) is 1.24. The van der Waals surface area contributed by atoms with Crippen LogP contribution in [0.3, 0.4) is 0 Å². The third-order valence-corrected chi connectivity index (χ3v) is 4.53. The van der Waals surface area contributed by atoms with Crippen molar-refractivity contribution in [3.63, 3.8) is 0 Å². The highest BCUT2D eigenvalue weighted by molar-refractivity contribution is 7.16. The van der Waals surface area contributed by atoms with Crippen molar-refractivity contribution in [2.45, 2.75) is 6.92 Å². The van der Waals surface area contributed by atoms with Gasteiger partial charge in [0.05, 0.1) is 23.0 Å². The van der Waals surface area contributed by atoms with Crippen LogP contribution in [0.25, 0.3) is 10.6 Å². The van der Waals surface area contributed by atoms with E-state index in [-0.39, 0.29) is 0 Å². The summed E-state index contributed by atoms with van der Waals surface area (Å²) in [6.07, 6.45) is 5.36. The van der Waals surface area contributed by atoms with Gasteiger partial charge in [-0.25, -0.2) is 4.98 Å². The molecule has 2 aromatic heterocycles. The molecule has 2 rings (SSSR count). The zero-order valence-corrected chi connectivity index (χ0v) is 12.6. The normalized spacial score (nSPS) is 11.8. The first kappa shape index (κ1) is 14.6. The Labute approximate surface area is 125 Å². The fourth-order valence-corrected chi connectivity index (χ4v) is 3.27. The molecule has 0 bridgehead atoms. The van der Waals surface area contributed by atoms with Crippen LogP contribution in [0.4, 0.5) is 5.13 Å². The molecule has 0 spiro atoms. The van der Waals surface area contributed by atoms with Gasteiger partial charge in [-0.15, -0.1) is 29.1 Å². The van der Waals surface area contributed by atoms with E-state index in [1.807, 2.05) is 27.8 Å². The molecular weight excluding hydrogens is 292 g/mol. The highest BCUT2D eigenvalue weighted by atomic mass is 32.1. The number of terminal acetylenes is 1. The largest absolute Gasteiger partial charge is 0.481 e. The summed E-state index contributed by atoms with van der Waals surface area (Å²) in [5, 5.41) is 13.7. The minimum absolute atomic E-state index is 0.356. The average Bonchev–Trinajstić information content (AvgIpc) is 3.08. The van der Waals surface area contributed by atoms with Crippen molar-refractivity contribution in [2.24, 2.45) is 5.92 Å². The number of nitrogens with zero attached hydrogens (tertiary/aromatic N) is 2. The highest BCUT2D eigenvalue weighted by Crippen LogP contribution is 2.30. The Kier molecular flexibility index (Phi) is 4.77. The molecule has 104 valence electrons. The van der Waals surface area contributed by atoms with Crippen molar-refractivity contribution >= 4 is 33.8 Å². The molecule has 6 heteroatoms. The van der Waals surface area contributed by atoms with Crippen molar-refractivity contribution in [2.75, 3.05) is 18.0 Å². The standard InChI is InChI=1S/C14H14N2O2S2/c1-3-6-16(8-10(2)13(17)18)14-15-11(9-20-14)12-5-4-7-19-12/h1,4-5,7,9-10H,6,8H2,2H3,(H,17,18). The molecule has 0 aliphatic rings. The van der Waals surface area contributed by atoms with E-state index in [2.05, 4.69) is 10.9 Å². The van der Waals surface area contributed by atoms with Gasteiger partial charge in [0.15, 0.2) is 5.13 Å². The van der Waals surface area contributed by atoms with Gasteiger partial charge in [-0.1, -0.05) is 18.9 Å². The summed E-state index contributed by atoms with van der Waals surface area (Å²) in [7, 11) is 0. The highest BCUT2D eigenvalue weighted by Gasteiger charge is 2.18. The zero-order chi connectivity index (χ0) is 14.5. The zero-order valence-electron chi connectivity index (χ0n) is 10.9. The SMILES string of the molecule is C#CCN(CC(C)C(=O)O)c1nc(-c2cccs2)cs1. The number of aromatic nitrogens is 1. The molecule has 0 amide bonds. The second kappa shape index (κ2) is 6.55. The Balaban J connectivity index is 2.18. The maximum atomic E-state index is 11.0. The van der Waals surface area contributed by atoms with Crippen LogP contribution in [0.15, 0.2) is 22.9 Å². The molecule has 0 saturated heterocycles.